The van der Waals surface area contributed by atoms with Crippen LogP contribution in [0.1, 0.15) is 5.69 Å². The van der Waals surface area contributed by atoms with Crippen LogP contribution in [0.5, 0.6) is 11.5 Å². The van der Waals surface area contributed by atoms with Crippen LogP contribution in [0, 0.1) is 12.7 Å². The molecule has 0 radical (unpaired) electrons. The molecule has 0 bridgehead atoms. The third-order valence-corrected chi connectivity index (χ3v) is 5.14. The summed E-state index contributed by atoms with van der Waals surface area (Å²) in [6.45, 7) is 1.39. The summed E-state index contributed by atoms with van der Waals surface area (Å²) in [5.74, 6) is 0.0967. The summed E-state index contributed by atoms with van der Waals surface area (Å²) in [5.41, 5.74) is 1.21. The number of benzene rings is 2. The minimum Gasteiger partial charge on any atom is -0.495 e. The molecule has 0 aliphatic rings. The SMILES string of the molecule is COc1cc(OC)c(NC(=O)Cn2nc3cc(C)nc(-c4ccc(F)cc4)n3c2=O)cc1Cl. The number of nitrogens with one attached hydrogen (secondary N) is 1. The third kappa shape index (κ3) is 4.37. The van der Waals surface area contributed by atoms with Crippen LogP contribution < -0.4 is 20.5 Å². The van der Waals surface area contributed by atoms with Crippen molar-refractivity contribution in [2.75, 3.05) is 19.5 Å². The van der Waals surface area contributed by atoms with Gasteiger partial charge in [0, 0.05) is 23.4 Å². The van der Waals surface area contributed by atoms with Crippen LogP contribution in [0.15, 0.2) is 47.3 Å². The van der Waals surface area contributed by atoms with E-state index in [2.05, 4.69) is 15.4 Å². The first kappa shape index (κ1) is 22.3. The maximum Gasteiger partial charge on any atom is 0.352 e. The summed E-state index contributed by atoms with van der Waals surface area (Å²) < 4.78 is 26.1. The van der Waals surface area contributed by atoms with Crippen molar-refractivity contribution in [3.05, 3.63) is 69.5 Å². The first-order chi connectivity index (χ1) is 15.8. The molecule has 9 nitrogen and oxygen atoms in total. The second-order valence-electron chi connectivity index (χ2n) is 7.10. The van der Waals surface area contributed by atoms with E-state index in [1.165, 1.54) is 49.0 Å². The van der Waals surface area contributed by atoms with Gasteiger partial charge in [0.05, 0.1) is 24.9 Å². The molecule has 4 aromatic rings. The Bertz CT molecular complexity index is 1420. The first-order valence-corrected chi connectivity index (χ1v) is 10.1. The molecule has 0 aliphatic heterocycles. The summed E-state index contributed by atoms with van der Waals surface area (Å²) >= 11 is 6.15. The Morgan fingerprint density at radius 1 is 1.12 bits per heavy atom. The van der Waals surface area contributed by atoms with Crippen LogP contribution in [0.4, 0.5) is 10.1 Å². The zero-order valence-corrected chi connectivity index (χ0v) is 18.7. The highest BCUT2D eigenvalue weighted by Gasteiger charge is 2.18. The molecule has 11 heteroatoms. The number of amides is 1. The first-order valence-electron chi connectivity index (χ1n) is 9.75. The lowest BCUT2D eigenvalue weighted by Crippen LogP contribution is -2.29. The zero-order chi connectivity index (χ0) is 23.7. The number of carbonyl (C=O) groups is 1. The lowest BCUT2D eigenvalue weighted by molar-refractivity contribution is -0.117. The van der Waals surface area contributed by atoms with Crippen LogP contribution in [-0.4, -0.2) is 39.3 Å². The van der Waals surface area contributed by atoms with E-state index < -0.39 is 17.4 Å². The Labute approximate surface area is 192 Å². The standard InChI is InChI=1S/C22H19ClFN5O4/c1-12-8-19-27-28(22(31)29(19)21(25-12)13-4-6-14(24)7-5-13)11-20(30)26-16-9-15(23)17(32-2)10-18(16)33-3/h4-10H,11H2,1-3H3,(H,26,30). The number of aromatic nitrogens is 4. The van der Waals surface area contributed by atoms with E-state index >= 15 is 0 Å². The predicted octanol–water partition coefficient (Wildman–Crippen LogP) is 3.31. The van der Waals surface area contributed by atoms with Gasteiger partial charge in [0.15, 0.2) is 5.65 Å². The average molecular weight is 472 g/mol. The molecule has 2 aromatic carbocycles. The van der Waals surface area contributed by atoms with Crippen LogP contribution in [0.3, 0.4) is 0 Å². The summed E-state index contributed by atoms with van der Waals surface area (Å²) in [7, 11) is 2.91. The van der Waals surface area contributed by atoms with Crippen molar-refractivity contribution in [1.82, 2.24) is 19.2 Å². The van der Waals surface area contributed by atoms with Crippen LogP contribution in [0.2, 0.25) is 5.02 Å². The summed E-state index contributed by atoms with van der Waals surface area (Å²) in [6.07, 6.45) is 0. The lowest BCUT2D eigenvalue weighted by Gasteiger charge is -2.13. The number of anilines is 1. The van der Waals surface area contributed by atoms with Gasteiger partial charge in [0.25, 0.3) is 0 Å². The Hall–Kier alpha value is -3.92. The molecular weight excluding hydrogens is 453 g/mol. The molecule has 2 heterocycles. The van der Waals surface area contributed by atoms with Crippen molar-refractivity contribution in [3.63, 3.8) is 0 Å². The fourth-order valence-electron chi connectivity index (χ4n) is 3.33. The van der Waals surface area contributed by atoms with E-state index in [1.54, 1.807) is 19.1 Å². The molecule has 0 fully saturated rings. The van der Waals surface area contributed by atoms with Gasteiger partial charge in [-0.05, 0) is 37.3 Å². The number of carbonyl (C=O) groups excluding carboxylic acids is 1. The molecule has 2 aromatic heterocycles. The van der Waals surface area contributed by atoms with Crippen molar-refractivity contribution in [3.8, 4) is 22.9 Å². The van der Waals surface area contributed by atoms with E-state index in [0.717, 1.165) is 4.68 Å². The molecule has 1 N–H and O–H groups in total. The Morgan fingerprint density at radius 2 is 1.82 bits per heavy atom. The van der Waals surface area contributed by atoms with Crippen LogP contribution in [-0.2, 0) is 11.3 Å². The number of methoxy groups -OCH3 is 2. The number of halogens is 2. The number of hydrogen-bond acceptors (Lipinski definition) is 6. The van der Waals surface area contributed by atoms with Crippen molar-refractivity contribution < 1.29 is 18.7 Å². The van der Waals surface area contributed by atoms with E-state index in [-0.39, 0.29) is 11.6 Å². The van der Waals surface area contributed by atoms with Gasteiger partial charge < -0.3 is 14.8 Å². The topological polar surface area (TPSA) is 99.8 Å². The fourth-order valence-corrected chi connectivity index (χ4v) is 3.57. The minimum atomic E-state index is -0.563. The van der Waals surface area contributed by atoms with Gasteiger partial charge in [-0.15, -0.1) is 5.10 Å². The monoisotopic (exact) mass is 471 g/mol. The van der Waals surface area contributed by atoms with E-state index in [9.17, 15) is 14.0 Å². The maximum absolute atomic E-state index is 13.3. The molecule has 33 heavy (non-hydrogen) atoms. The van der Waals surface area contributed by atoms with Crippen LogP contribution >= 0.6 is 11.6 Å². The summed E-state index contributed by atoms with van der Waals surface area (Å²) in [5, 5.41) is 7.21. The van der Waals surface area contributed by atoms with Gasteiger partial charge in [-0.3, -0.25) is 4.79 Å². The fraction of sp³-hybridized carbons (Fsp3) is 0.182. The number of hydrogen-bond donors (Lipinski definition) is 1. The number of nitrogens with zero attached hydrogens (tertiary/aromatic N) is 4. The molecule has 1 amide bonds. The Kier molecular flexibility index (Phi) is 6.01. The normalized spacial score (nSPS) is 10.9. The Balaban J connectivity index is 1.68. The highest BCUT2D eigenvalue weighted by molar-refractivity contribution is 6.32. The molecule has 0 saturated heterocycles. The van der Waals surface area contributed by atoms with Crippen LogP contribution in [0.25, 0.3) is 17.0 Å². The summed E-state index contributed by atoms with van der Waals surface area (Å²) in [4.78, 5) is 30.2. The number of rotatable bonds is 6. The number of aryl methyl sites for hydroxylation is 1. The van der Waals surface area contributed by atoms with Crippen molar-refractivity contribution in [1.29, 1.82) is 0 Å². The largest absolute Gasteiger partial charge is 0.495 e. The molecule has 0 aliphatic carbocycles. The molecular formula is C22H19ClFN5O4. The maximum atomic E-state index is 13.3. The molecule has 4 rings (SSSR count). The molecule has 0 spiro atoms. The van der Waals surface area contributed by atoms with E-state index in [1.807, 2.05) is 0 Å². The number of fused-ring (bicyclic) bond motifs is 1. The van der Waals surface area contributed by atoms with Crippen molar-refractivity contribution in [2.45, 2.75) is 13.5 Å². The van der Waals surface area contributed by atoms with Gasteiger partial charge in [0.2, 0.25) is 5.91 Å². The molecule has 0 saturated carbocycles. The van der Waals surface area contributed by atoms with Gasteiger partial charge in [-0.1, -0.05) is 11.6 Å². The molecule has 0 unspecified atom stereocenters. The highest BCUT2D eigenvalue weighted by Crippen LogP contribution is 2.35. The van der Waals surface area contributed by atoms with Gasteiger partial charge in [-0.25, -0.2) is 23.3 Å². The van der Waals surface area contributed by atoms with E-state index in [0.29, 0.717) is 39.9 Å². The highest BCUT2D eigenvalue weighted by atomic mass is 35.5. The smallest absolute Gasteiger partial charge is 0.352 e. The third-order valence-electron chi connectivity index (χ3n) is 4.84. The molecule has 170 valence electrons. The van der Waals surface area contributed by atoms with E-state index in [4.69, 9.17) is 21.1 Å². The van der Waals surface area contributed by atoms with Crippen molar-refractivity contribution in [2.24, 2.45) is 0 Å². The Morgan fingerprint density at radius 3 is 2.48 bits per heavy atom. The lowest BCUT2D eigenvalue weighted by atomic mass is 10.2. The minimum absolute atomic E-state index is 0.281. The summed E-state index contributed by atoms with van der Waals surface area (Å²) in [6, 6.07) is 10.2. The van der Waals surface area contributed by atoms with Gasteiger partial charge in [-0.2, -0.15) is 0 Å². The average Bonchev–Trinajstić information content (AvgIpc) is 3.08. The van der Waals surface area contributed by atoms with Crippen molar-refractivity contribution >= 4 is 28.8 Å². The van der Waals surface area contributed by atoms with Gasteiger partial charge in [0.1, 0.15) is 29.7 Å². The zero-order valence-electron chi connectivity index (χ0n) is 17.9. The molecule has 0 atom stereocenters. The predicted molar refractivity (Wildman–Crippen MR) is 121 cm³/mol. The number of ether oxygens (including phenoxy) is 2. The van der Waals surface area contributed by atoms with Gasteiger partial charge >= 0.3 is 5.69 Å². The quantitative estimate of drug-likeness (QED) is 0.463. The second kappa shape index (κ2) is 8.91. The second-order valence-corrected chi connectivity index (χ2v) is 7.50.